The number of carboxylic acids is 1. The molecule has 27 heavy (non-hydrogen) atoms. The minimum Gasteiger partial charge on any atom is -0.478 e. The number of nitrogens with one attached hydrogen (secondary N) is 1. The molecule has 1 fully saturated rings. The van der Waals surface area contributed by atoms with Crippen molar-refractivity contribution < 1.29 is 19.5 Å². The Bertz CT molecular complexity index is 957. The molecule has 1 saturated heterocycles. The van der Waals surface area contributed by atoms with E-state index < -0.39 is 11.9 Å². The van der Waals surface area contributed by atoms with Crippen LogP contribution in [0.3, 0.4) is 0 Å². The highest BCUT2D eigenvalue weighted by atomic mass is 32.2. The molecule has 6 nitrogen and oxygen atoms in total. The van der Waals surface area contributed by atoms with Crippen LogP contribution in [0.5, 0.6) is 0 Å². The van der Waals surface area contributed by atoms with Gasteiger partial charge in [-0.05, 0) is 23.8 Å². The molecule has 0 aromatic heterocycles. The second-order valence-electron chi connectivity index (χ2n) is 5.58. The van der Waals surface area contributed by atoms with Crippen LogP contribution >= 0.6 is 24.0 Å². The zero-order valence-electron chi connectivity index (χ0n) is 13.9. The molecule has 136 valence electrons. The first-order valence-electron chi connectivity index (χ1n) is 7.88. The molecule has 0 saturated carbocycles. The third-order valence-electron chi connectivity index (χ3n) is 3.70. The molecule has 0 aliphatic carbocycles. The van der Waals surface area contributed by atoms with E-state index in [1.54, 1.807) is 18.2 Å². The molecule has 1 aliphatic rings. The van der Waals surface area contributed by atoms with Crippen LogP contribution in [-0.4, -0.2) is 38.7 Å². The number of rotatable bonds is 5. The molecule has 3 rings (SSSR count). The van der Waals surface area contributed by atoms with Crippen LogP contribution in [0.15, 0.2) is 59.5 Å². The number of aromatic carboxylic acids is 1. The number of amides is 2. The summed E-state index contributed by atoms with van der Waals surface area (Å²) in [6, 6.07) is 15.4. The van der Waals surface area contributed by atoms with E-state index in [-0.39, 0.29) is 28.0 Å². The van der Waals surface area contributed by atoms with E-state index in [4.69, 9.17) is 12.2 Å². The van der Waals surface area contributed by atoms with Gasteiger partial charge in [0.05, 0.1) is 16.2 Å². The van der Waals surface area contributed by atoms with Crippen molar-refractivity contribution in [3.63, 3.8) is 0 Å². The van der Waals surface area contributed by atoms with Gasteiger partial charge >= 0.3 is 5.97 Å². The summed E-state index contributed by atoms with van der Waals surface area (Å²) in [5.74, 6) is -2.03. The quantitative estimate of drug-likeness (QED) is 0.594. The summed E-state index contributed by atoms with van der Waals surface area (Å²) in [4.78, 5) is 37.7. The maximum Gasteiger partial charge on any atom is 0.337 e. The van der Waals surface area contributed by atoms with Crippen LogP contribution in [0.25, 0.3) is 6.08 Å². The third kappa shape index (κ3) is 4.42. The second-order valence-corrected chi connectivity index (χ2v) is 7.25. The van der Waals surface area contributed by atoms with Crippen LogP contribution in [0.1, 0.15) is 15.9 Å². The Hall–Kier alpha value is -2.97. The van der Waals surface area contributed by atoms with E-state index in [0.717, 1.165) is 17.3 Å². The van der Waals surface area contributed by atoms with E-state index >= 15 is 0 Å². The standard InChI is InChI=1S/C19H14N2O4S2/c22-16(20-14-9-5-4-8-13(14)18(24)25)11-21-17(23)15(27-19(21)26)10-12-6-2-1-3-7-12/h1-10H,11H2,(H,20,22)(H,24,25)/b15-10+. The van der Waals surface area contributed by atoms with Crippen molar-refractivity contribution >= 4 is 57.8 Å². The number of hydrogen-bond acceptors (Lipinski definition) is 5. The van der Waals surface area contributed by atoms with Crippen molar-refractivity contribution in [2.45, 2.75) is 0 Å². The van der Waals surface area contributed by atoms with Gasteiger partial charge in [-0.1, -0.05) is 66.4 Å². The van der Waals surface area contributed by atoms with Gasteiger partial charge in [0.15, 0.2) is 0 Å². The van der Waals surface area contributed by atoms with E-state index in [1.165, 1.54) is 17.0 Å². The van der Waals surface area contributed by atoms with Crippen molar-refractivity contribution in [2.24, 2.45) is 0 Å². The van der Waals surface area contributed by atoms with Gasteiger partial charge in [0.1, 0.15) is 10.9 Å². The molecule has 0 spiro atoms. The Morgan fingerprint density at radius 2 is 1.78 bits per heavy atom. The first-order valence-corrected chi connectivity index (χ1v) is 9.11. The van der Waals surface area contributed by atoms with Gasteiger partial charge < -0.3 is 10.4 Å². The monoisotopic (exact) mass is 398 g/mol. The van der Waals surface area contributed by atoms with Crippen molar-refractivity contribution in [1.29, 1.82) is 0 Å². The number of thioether (sulfide) groups is 1. The van der Waals surface area contributed by atoms with Gasteiger partial charge in [-0.3, -0.25) is 14.5 Å². The lowest BCUT2D eigenvalue weighted by atomic mass is 10.2. The molecule has 2 aromatic rings. The average molecular weight is 398 g/mol. The molecule has 8 heteroatoms. The smallest absolute Gasteiger partial charge is 0.337 e. The maximum absolute atomic E-state index is 12.6. The summed E-state index contributed by atoms with van der Waals surface area (Å²) in [5.41, 5.74) is 0.998. The molecule has 0 bridgehead atoms. The average Bonchev–Trinajstić information content (AvgIpc) is 2.90. The summed E-state index contributed by atoms with van der Waals surface area (Å²) in [6.07, 6.45) is 1.72. The number of hydrogen-bond donors (Lipinski definition) is 2. The topological polar surface area (TPSA) is 86.7 Å². The lowest BCUT2D eigenvalue weighted by Gasteiger charge is -2.15. The number of para-hydroxylation sites is 1. The van der Waals surface area contributed by atoms with Gasteiger partial charge in [0, 0.05) is 0 Å². The number of anilines is 1. The number of carbonyl (C=O) groups is 3. The SMILES string of the molecule is O=C(CN1C(=O)/C(=C\c2ccccc2)SC1=S)Nc1ccccc1C(=O)O. The van der Waals surface area contributed by atoms with Crippen molar-refractivity contribution in [3.8, 4) is 0 Å². The van der Waals surface area contributed by atoms with Gasteiger partial charge in [0.25, 0.3) is 5.91 Å². The third-order valence-corrected chi connectivity index (χ3v) is 5.08. The highest BCUT2D eigenvalue weighted by Crippen LogP contribution is 2.32. The largest absolute Gasteiger partial charge is 0.478 e. The number of benzene rings is 2. The molecular weight excluding hydrogens is 384 g/mol. The molecule has 0 unspecified atom stereocenters. The highest BCUT2D eigenvalue weighted by molar-refractivity contribution is 8.26. The molecule has 2 aromatic carbocycles. The summed E-state index contributed by atoms with van der Waals surface area (Å²) < 4.78 is 0.281. The number of carboxylic acid groups (broad SMARTS) is 1. The zero-order valence-corrected chi connectivity index (χ0v) is 15.5. The Morgan fingerprint density at radius 3 is 2.48 bits per heavy atom. The predicted molar refractivity (Wildman–Crippen MR) is 108 cm³/mol. The number of thiocarbonyl (C=S) groups is 1. The van der Waals surface area contributed by atoms with E-state index in [0.29, 0.717) is 4.91 Å². The molecular formula is C19H14N2O4S2. The van der Waals surface area contributed by atoms with E-state index in [1.807, 2.05) is 30.3 Å². The predicted octanol–water partition coefficient (Wildman–Crippen LogP) is 3.22. The van der Waals surface area contributed by atoms with Crippen LogP contribution < -0.4 is 5.32 Å². The summed E-state index contributed by atoms with van der Waals surface area (Å²) in [6.45, 7) is -0.287. The van der Waals surface area contributed by atoms with Gasteiger partial charge in [-0.15, -0.1) is 0 Å². The molecule has 0 radical (unpaired) electrons. The first kappa shape index (κ1) is 18.8. The lowest BCUT2D eigenvalue weighted by molar-refractivity contribution is -0.126. The molecule has 0 atom stereocenters. The van der Waals surface area contributed by atoms with Crippen molar-refractivity contribution in [1.82, 2.24) is 4.90 Å². The fourth-order valence-electron chi connectivity index (χ4n) is 2.45. The van der Waals surface area contributed by atoms with Gasteiger partial charge in [-0.25, -0.2) is 4.79 Å². The molecule has 1 aliphatic heterocycles. The van der Waals surface area contributed by atoms with Crippen LogP contribution in [0, 0.1) is 0 Å². The summed E-state index contributed by atoms with van der Waals surface area (Å²) in [5, 5.41) is 11.7. The van der Waals surface area contributed by atoms with E-state index in [2.05, 4.69) is 5.32 Å². The maximum atomic E-state index is 12.6. The zero-order chi connectivity index (χ0) is 19.4. The second kappa shape index (κ2) is 8.15. The number of carbonyl (C=O) groups excluding carboxylic acids is 2. The van der Waals surface area contributed by atoms with E-state index in [9.17, 15) is 19.5 Å². The van der Waals surface area contributed by atoms with Crippen LogP contribution in [0.2, 0.25) is 0 Å². The molecule has 1 heterocycles. The first-order chi connectivity index (χ1) is 13.0. The molecule has 2 N–H and O–H groups in total. The number of nitrogens with zero attached hydrogens (tertiary/aromatic N) is 1. The fraction of sp³-hybridized carbons (Fsp3) is 0.0526. The Kier molecular flexibility index (Phi) is 5.68. The normalized spacial score (nSPS) is 15.3. The fourth-order valence-corrected chi connectivity index (χ4v) is 3.70. The summed E-state index contributed by atoms with van der Waals surface area (Å²) >= 11 is 6.34. The Balaban J connectivity index is 1.71. The highest BCUT2D eigenvalue weighted by Gasteiger charge is 2.33. The van der Waals surface area contributed by atoms with Crippen molar-refractivity contribution in [3.05, 3.63) is 70.6 Å². The molecule has 2 amide bonds. The van der Waals surface area contributed by atoms with Gasteiger partial charge in [0.2, 0.25) is 5.91 Å². The van der Waals surface area contributed by atoms with Crippen LogP contribution in [-0.2, 0) is 9.59 Å². The van der Waals surface area contributed by atoms with Crippen LogP contribution in [0.4, 0.5) is 5.69 Å². The Labute approximate surface area is 164 Å². The minimum atomic E-state index is -1.15. The minimum absolute atomic E-state index is 0.0276. The lowest BCUT2D eigenvalue weighted by Crippen LogP contribution is -2.36. The summed E-state index contributed by atoms with van der Waals surface area (Å²) in [7, 11) is 0. The van der Waals surface area contributed by atoms with Crippen molar-refractivity contribution in [2.75, 3.05) is 11.9 Å². The van der Waals surface area contributed by atoms with Gasteiger partial charge in [-0.2, -0.15) is 0 Å². The Morgan fingerprint density at radius 1 is 1.11 bits per heavy atom.